The van der Waals surface area contributed by atoms with Gasteiger partial charge in [-0.15, -0.1) is 16.4 Å². The molecule has 0 spiro atoms. The lowest BCUT2D eigenvalue weighted by molar-refractivity contribution is 0.103. The Bertz CT molecular complexity index is 1150. The molecule has 1 N–H and O–H groups in total. The van der Waals surface area contributed by atoms with Crippen LogP contribution in [0.25, 0.3) is 17.2 Å². The Labute approximate surface area is 174 Å². The fourth-order valence-electron chi connectivity index (χ4n) is 2.66. The van der Waals surface area contributed by atoms with E-state index in [0.29, 0.717) is 38.7 Å². The van der Waals surface area contributed by atoms with Crippen molar-refractivity contribution in [2.24, 2.45) is 0 Å². The van der Waals surface area contributed by atoms with Crippen LogP contribution < -0.4 is 14.8 Å². The molecule has 0 aliphatic carbocycles. The molecule has 3 aromatic heterocycles. The number of amides is 1. The van der Waals surface area contributed by atoms with Crippen LogP contribution in [0.4, 0.5) is 5.13 Å². The number of hydrogen-bond donors (Lipinski definition) is 1. The quantitative estimate of drug-likeness (QED) is 0.502. The number of methoxy groups -OCH3 is 2. The van der Waals surface area contributed by atoms with Crippen LogP contribution in [0.3, 0.4) is 0 Å². The molecule has 0 bridgehead atoms. The zero-order chi connectivity index (χ0) is 20.4. The second-order valence-electron chi connectivity index (χ2n) is 5.83. The Balaban J connectivity index is 1.63. The summed E-state index contributed by atoms with van der Waals surface area (Å²) in [5.74, 6) is 1.47. The van der Waals surface area contributed by atoms with Gasteiger partial charge in [0.1, 0.15) is 17.2 Å². The molecule has 0 fully saturated rings. The molecule has 9 nitrogen and oxygen atoms in total. The number of benzene rings is 1. The summed E-state index contributed by atoms with van der Waals surface area (Å²) in [6.45, 7) is 1.86. The number of rotatable bonds is 6. The largest absolute Gasteiger partial charge is 0.497 e. The number of ether oxygens (including phenoxy) is 2. The molecule has 0 unspecified atom stereocenters. The van der Waals surface area contributed by atoms with Gasteiger partial charge < -0.3 is 9.47 Å². The Morgan fingerprint density at radius 3 is 2.79 bits per heavy atom. The summed E-state index contributed by atoms with van der Waals surface area (Å²) in [7, 11) is 3.18. The molecular formula is C18H16N6O3S2. The van der Waals surface area contributed by atoms with Crippen molar-refractivity contribution >= 4 is 33.9 Å². The third-order valence-corrected chi connectivity index (χ3v) is 5.61. The molecule has 4 rings (SSSR count). The number of aromatic nitrogens is 5. The maximum Gasteiger partial charge on any atom is 0.267 e. The van der Waals surface area contributed by atoms with Gasteiger partial charge in [-0.2, -0.15) is 9.36 Å². The first-order valence-corrected chi connectivity index (χ1v) is 10.1. The third-order valence-electron chi connectivity index (χ3n) is 4.11. The summed E-state index contributed by atoms with van der Waals surface area (Å²) >= 11 is 2.45. The van der Waals surface area contributed by atoms with Crippen molar-refractivity contribution in [1.29, 1.82) is 0 Å². The highest BCUT2D eigenvalue weighted by molar-refractivity contribution is 7.12. The predicted octanol–water partition coefficient (Wildman–Crippen LogP) is 3.43. The molecule has 3 heterocycles. The highest BCUT2D eigenvalue weighted by Gasteiger charge is 2.20. The number of carbonyl (C=O) groups excluding carboxylic acids is 1. The van der Waals surface area contributed by atoms with Crippen molar-refractivity contribution in [2.45, 2.75) is 6.92 Å². The van der Waals surface area contributed by atoms with Gasteiger partial charge in [-0.1, -0.05) is 11.3 Å². The molecular weight excluding hydrogens is 412 g/mol. The standard InChI is InChI=1S/C18H16N6O3S2/c1-10-15(16-19-18(29-22-16)20-17(25)14-5-4-8-28-14)21-23-24(10)12-9-11(26-2)6-7-13(12)27-3/h4-9H,1-3H3,(H,19,20,22,25). The Morgan fingerprint density at radius 1 is 1.21 bits per heavy atom. The number of carbonyl (C=O) groups is 1. The lowest BCUT2D eigenvalue weighted by Gasteiger charge is -2.11. The molecule has 0 radical (unpaired) electrons. The van der Waals surface area contributed by atoms with Crippen LogP contribution in [0.2, 0.25) is 0 Å². The van der Waals surface area contributed by atoms with E-state index in [1.807, 2.05) is 24.4 Å². The smallest absolute Gasteiger partial charge is 0.267 e. The van der Waals surface area contributed by atoms with E-state index < -0.39 is 0 Å². The van der Waals surface area contributed by atoms with Crippen LogP contribution in [0, 0.1) is 6.92 Å². The average Bonchev–Trinajstić information content (AvgIpc) is 3.48. The molecule has 1 aromatic carbocycles. The highest BCUT2D eigenvalue weighted by Crippen LogP contribution is 2.30. The second-order valence-corrected chi connectivity index (χ2v) is 7.53. The van der Waals surface area contributed by atoms with Gasteiger partial charge in [0.25, 0.3) is 5.91 Å². The van der Waals surface area contributed by atoms with E-state index in [0.717, 1.165) is 17.2 Å². The minimum absolute atomic E-state index is 0.218. The molecule has 0 aliphatic heterocycles. The molecule has 0 saturated carbocycles. The summed E-state index contributed by atoms with van der Waals surface area (Å²) in [6, 6.07) is 8.98. The van der Waals surface area contributed by atoms with Crippen LogP contribution in [0.1, 0.15) is 15.4 Å². The van der Waals surface area contributed by atoms with Crippen LogP contribution in [-0.2, 0) is 0 Å². The van der Waals surface area contributed by atoms with Gasteiger partial charge in [0.2, 0.25) is 5.13 Å². The first kappa shape index (κ1) is 19.0. The minimum Gasteiger partial charge on any atom is -0.497 e. The van der Waals surface area contributed by atoms with Crippen molar-refractivity contribution in [3.63, 3.8) is 0 Å². The van der Waals surface area contributed by atoms with E-state index in [9.17, 15) is 4.79 Å². The SMILES string of the molecule is COc1ccc(OC)c(-n2nnc(-c3nsc(NC(=O)c4cccs4)n3)c2C)c1. The van der Waals surface area contributed by atoms with E-state index in [1.54, 1.807) is 37.1 Å². The first-order valence-electron chi connectivity index (χ1n) is 8.44. The van der Waals surface area contributed by atoms with Gasteiger partial charge in [0.15, 0.2) is 11.5 Å². The number of thiophene rings is 1. The Hall–Kier alpha value is -3.31. The fourth-order valence-corrected chi connectivity index (χ4v) is 3.85. The van der Waals surface area contributed by atoms with E-state index >= 15 is 0 Å². The topological polar surface area (TPSA) is 104 Å². The van der Waals surface area contributed by atoms with Gasteiger partial charge in [0.05, 0.1) is 24.8 Å². The molecule has 0 saturated heterocycles. The summed E-state index contributed by atoms with van der Waals surface area (Å²) in [6.07, 6.45) is 0. The molecule has 0 atom stereocenters. The Morgan fingerprint density at radius 2 is 2.07 bits per heavy atom. The molecule has 0 aliphatic rings. The van der Waals surface area contributed by atoms with Gasteiger partial charge >= 0.3 is 0 Å². The summed E-state index contributed by atoms with van der Waals surface area (Å²) < 4.78 is 16.7. The van der Waals surface area contributed by atoms with Crippen molar-refractivity contribution in [3.05, 3.63) is 46.3 Å². The lowest BCUT2D eigenvalue weighted by atomic mass is 10.2. The zero-order valence-electron chi connectivity index (χ0n) is 15.7. The third kappa shape index (κ3) is 3.69. The van der Waals surface area contributed by atoms with E-state index in [2.05, 4.69) is 25.0 Å². The molecule has 1 amide bonds. The maximum atomic E-state index is 12.2. The number of anilines is 1. The number of nitrogens with zero attached hydrogens (tertiary/aromatic N) is 5. The van der Waals surface area contributed by atoms with Crippen molar-refractivity contribution < 1.29 is 14.3 Å². The van der Waals surface area contributed by atoms with Crippen LogP contribution in [-0.4, -0.2) is 44.5 Å². The first-order chi connectivity index (χ1) is 14.1. The number of hydrogen-bond acceptors (Lipinski definition) is 9. The Kier molecular flexibility index (Phi) is 5.23. The molecule has 11 heteroatoms. The molecule has 4 aromatic rings. The minimum atomic E-state index is -0.218. The van der Waals surface area contributed by atoms with Crippen LogP contribution in [0.5, 0.6) is 11.5 Å². The summed E-state index contributed by atoms with van der Waals surface area (Å²) in [5, 5.41) is 13.4. The van der Waals surface area contributed by atoms with Gasteiger partial charge in [-0.3, -0.25) is 10.1 Å². The fraction of sp³-hybridized carbons (Fsp3) is 0.167. The second kappa shape index (κ2) is 7.97. The summed E-state index contributed by atoms with van der Waals surface area (Å²) in [5.41, 5.74) is 1.93. The van der Waals surface area contributed by atoms with E-state index in [1.165, 1.54) is 11.3 Å². The number of nitrogens with one attached hydrogen (secondary N) is 1. The molecule has 29 heavy (non-hydrogen) atoms. The van der Waals surface area contributed by atoms with E-state index in [4.69, 9.17) is 9.47 Å². The average molecular weight is 428 g/mol. The van der Waals surface area contributed by atoms with Gasteiger partial charge in [-0.05, 0) is 30.5 Å². The monoisotopic (exact) mass is 428 g/mol. The van der Waals surface area contributed by atoms with Gasteiger partial charge in [-0.25, -0.2) is 4.68 Å². The predicted molar refractivity (Wildman–Crippen MR) is 110 cm³/mol. The van der Waals surface area contributed by atoms with Crippen LogP contribution >= 0.6 is 22.9 Å². The maximum absolute atomic E-state index is 12.2. The van der Waals surface area contributed by atoms with Gasteiger partial charge in [0, 0.05) is 17.6 Å². The normalized spacial score (nSPS) is 10.7. The van der Waals surface area contributed by atoms with E-state index in [-0.39, 0.29) is 5.91 Å². The van der Waals surface area contributed by atoms with Crippen molar-refractivity contribution in [2.75, 3.05) is 19.5 Å². The highest BCUT2D eigenvalue weighted by atomic mass is 32.1. The van der Waals surface area contributed by atoms with Crippen molar-refractivity contribution in [3.8, 4) is 28.7 Å². The van der Waals surface area contributed by atoms with Crippen LogP contribution in [0.15, 0.2) is 35.7 Å². The lowest BCUT2D eigenvalue weighted by Crippen LogP contribution is -2.09. The zero-order valence-corrected chi connectivity index (χ0v) is 17.4. The summed E-state index contributed by atoms with van der Waals surface area (Å²) in [4.78, 5) is 17.2. The van der Waals surface area contributed by atoms with Crippen molar-refractivity contribution in [1.82, 2.24) is 24.4 Å². The molecule has 148 valence electrons.